The molecule has 4 rings (SSSR count). The first-order valence-corrected chi connectivity index (χ1v) is 16.4. The van der Waals surface area contributed by atoms with Crippen LogP contribution in [0.1, 0.15) is 47.2 Å². The van der Waals surface area contributed by atoms with Gasteiger partial charge < -0.3 is 39.8 Å². The number of aromatic nitrogens is 2. The Kier molecular flexibility index (Phi) is 13.3. The number of aliphatic carboxylic acids is 2. The molecule has 0 radical (unpaired) electrons. The largest absolute Gasteiger partial charge is 0.481 e. The van der Waals surface area contributed by atoms with Gasteiger partial charge in [-0.25, -0.2) is 0 Å². The second kappa shape index (κ2) is 17.3. The van der Waals surface area contributed by atoms with Crippen molar-refractivity contribution in [2.45, 2.75) is 66.1 Å². The quantitative estimate of drug-likeness (QED) is 0.0953. The zero-order chi connectivity index (χ0) is 36.5. The molecule has 14 heteroatoms. The van der Waals surface area contributed by atoms with Crippen molar-refractivity contribution in [3.8, 4) is 34.6 Å². The van der Waals surface area contributed by atoms with Crippen molar-refractivity contribution in [1.29, 1.82) is 0 Å². The van der Waals surface area contributed by atoms with Gasteiger partial charge in [0.2, 0.25) is 23.5 Å². The summed E-state index contributed by atoms with van der Waals surface area (Å²) < 4.78 is 23.0. The summed E-state index contributed by atoms with van der Waals surface area (Å²) >= 11 is 13.0. The van der Waals surface area contributed by atoms with Gasteiger partial charge in [-0.2, -0.15) is 9.97 Å². The van der Waals surface area contributed by atoms with Crippen molar-refractivity contribution in [2.24, 2.45) is 0 Å². The topological polar surface area (TPSA) is 161 Å². The second-order valence-electron chi connectivity index (χ2n) is 11.5. The summed E-state index contributed by atoms with van der Waals surface area (Å²) in [5.74, 6) is -0.989. The first-order valence-electron chi connectivity index (χ1n) is 15.7. The molecule has 0 aliphatic heterocycles. The fourth-order valence-electron chi connectivity index (χ4n) is 5.05. The van der Waals surface area contributed by atoms with Gasteiger partial charge in [0.05, 0.1) is 14.2 Å². The Labute approximate surface area is 300 Å². The Morgan fingerprint density at radius 2 is 1.06 bits per heavy atom. The molecule has 266 valence electrons. The van der Waals surface area contributed by atoms with Gasteiger partial charge in [0, 0.05) is 24.2 Å². The number of hydrogen-bond donors (Lipinski definition) is 4. The molecule has 0 spiro atoms. The van der Waals surface area contributed by atoms with Gasteiger partial charge in [0.25, 0.3) is 0 Å². The second-order valence-corrected chi connectivity index (χ2v) is 12.3. The smallest absolute Gasteiger partial charge is 0.320 e. The normalized spacial score (nSPS) is 12.2. The number of carbonyl (C=O) groups is 2. The predicted molar refractivity (Wildman–Crippen MR) is 189 cm³/mol. The molecule has 2 aromatic heterocycles. The van der Waals surface area contributed by atoms with Crippen molar-refractivity contribution in [3.05, 3.63) is 92.0 Å². The average Bonchev–Trinajstić information content (AvgIpc) is 3.09. The van der Waals surface area contributed by atoms with Crippen LogP contribution in [0, 0.1) is 13.8 Å². The van der Waals surface area contributed by atoms with Crippen LogP contribution < -0.4 is 29.6 Å². The van der Waals surface area contributed by atoms with Gasteiger partial charge in [0.1, 0.15) is 35.3 Å². The van der Waals surface area contributed by atoms with E-state index in [1.807, 2.05) is 50.2 Å². The van der Waals surface area contributed by atoms with Crippen LogP contribution in [0.3, 0.4) is 0 Å². The lowest BCUT2D eigenvalue weighted by Gasteiger charge is -2.18. The number of methoxy groups -OCH3 is 2. The van der Waals surface area contributed by atoms with Crippen LogP contribution in [0.2, 0.25) is 10.0 Å². The summed E-state index contributed by atoms with van der Waals surface area (Å²) in [5, 5.41) is 24.6. The van der Waals surface area contributed by atoms with E-state index < -0.39 is 24.0 Å². The van der Waals surface area contributed by atoms with Crippen LogP contribution in [-0.2, 0) is 35.9 Å². The maximum absolute atomic E-state index is 11.2. The van der Waals surface area contributed by atoms with Gasteiger partial charge in [-0.05, 0) is 73.2 Å². The van der Waals surface area contributed by atoms with E-state index in [4.69, 9.17) is 52.4 Å². The lowest BCUT2D eigenvalue weighted by molar-refractivity contribution is -0.140. The molecule has 2 heterocycles. The third-order valence-electron chi connectivity index (χ3n) is 8.20. The fraction of sp³-hybridized carbons (Fsp3) is 0.333. The summed E-state index contributed by atoms with van der Waals surface area (Å²) in [7, 11) is 2.95. The molecular formula is C36H40Cl2N4O8. The van der Waals surface area contributed by atoms with Crippen LogP contribution in [0.25, 0.3) is 11.1 Å². The summed E-state index contributed by atoms with van der Waals surface area (Å²) in [6.45, 7) is 7.92. The van der Waals surface area contributed by atoms with Gasteiger partial charge >= 0.3 is 11.9 Å². The van der Waals surface area contributed by atoms with Gasteiger partial charge in [-0.1, -0.05) is 59.6 Å². The molecule has 4 aromatic rings. The first-order chi connectivity index (χ1) is 23.8. The van der Waals surface area contributed by atoms with Crippen molar-refractivity contribution in [2.75, 3.05) is 14.2 Å². The highest BCUT2D eigenvalue weighted by Crippen LogP contribution is 2.34. The van der Waals surface area contributed by atoms with E-state index in [-0.39, 0.29) is 59.9 Å². The Hall–Kier alpha value is -4.62. The van der Waals surface area contributed by atoms with Crippen molar-refractivity contribution >= 4 is 35.1 Å². The van der Waals surface area contributed by atoms with Crippen LogP contribution in [0.15, 0.2) is 48.5 Å². The van der Waals surface area contributed by atoms with E-state index in [2.05, 4.69) is 20.6 Å². The number of rotatable bonds is 17. The lowest BCUT2D eigenvalue weighted by Crippen LogP contribution is -2.33. The summed E-state index contributed by atoms with van der Waals surface area (Å²) in [6, 6.07) is 13.7. The van der Waals surface area contributed by atoms with E-state index in [0.717, 1.165) is 33.4 Å². The number of carboxylic acids is 2. The minimum absolute atomic E-state index is 0.192. The number of halogens is 2. The Bertz CT molecular complexity index is 1720. The average molecular weight is 728 g/mol. The number of ether oxygens (including phenoxy) is 4. The SMILES string of the molecule is COc1nc(OCc2cccc(-c3cccc(COc4nc(OC)c(CN[C@@H](C)C(=O)O)cc4Cl)c3C)c2C)c(Cl)cc1CN[C@@H](C)C(=O)O. The Morgan fingerprint density at radius 1 is 0.680 bits per heavy atom. The Balaban J connectivity index is 1.49. The van der Waals surface area contributed by atoms with E-state index in [1.165, 1.54) is 14.2 Å². The van der Waals surface area contributed by atoms with Crippen LogP contribution in [-0.4, -0.2) is 58.4 Å². The Morgan fingerprint density at radius 3 is 1.40 bits per heavy atom. The molecule has 0 aliphatic rings. The standard InChI is InChI=1S/C36H40Cl2N4O8/c1-19-23(17-49-33-29(37)13-25(31(41-33)47-5)15-39-21(3)35(43)44)9-7-11-27(19)28-12-8-10-24(20(28)2)18-50-34-30(38)14-26(32(42-34)48-6)16-40-22(4)36(45)46/h7-14,21-22,39-40H,15-18H2,1-6H3,(H,43,44)(H,45,46)/t21-,22-/m0/s1. The molecule has 12 nitrogen and oxygen atoms in total. The van der Waals surface area contributed by atoms with E-state index >= 15 is 0 Å². The minimum Gasteiger partial charge on any atom is -0.481 e. The molecule has 2 aromatic carbocycles. The number of pyridine rings is 2. The zero-order valence-electron chi connectivity index (χ0n) is 28.6. The lowest BCUT2D eigenvalue weighted by atomic mass is 9.92. The number of benzene rings is 2. The maximum Gasteiger partial charge on any atom is 0.320 e. The number of nitrogens with zero attached hydrogens (tertiary/aromatic N) is 2. The van der Waals surface area contributed by atoms with E-state index in [1.54, 1.807) is 26.0 Å². The van der Waals surface area contributed by atoms with Crippen molar-refractivity contribution in [3.63, 3.8) is 0 Å². The van der Waals surface area contributed by atoms with Gasteiger partial charge in [0.15, 0.2) is 0 Å². The van der Waals surface area contributed by atoms with Crippen LogP contribution in [0.5, 0.6) is 23.5 Å². The third kappa shape index (κ3) is 9.33. The fourth-order valence-corrected chi connectivity index (χ4v) is 5.51. The molecule has 0 amide bonds. The van der Waals surface area contributed by atoms with Crippen LogP contribution in [0.4, 0.5) is 0 Å². The molecule has 2 atom stereocenters. The molecule has 0 bridgehead atoms. The summed E-state index contributed by atoms with van der Waals surface area (Å²) in [6.07, 6.45) is 0. The summed E-state index contributed by atoms with van der Waals surface area (Å²) in [4.78, 5) is 31.2. The van der Waals surface area contributed by atoms with Gasteiger partial charge in [-0.15, -0.1) is 0 Å². The van der Waals surface area contributed by atoms with Crippen molar-refractivity contribution < 1.29 is 38.7 Å². The highest BCUT2D eigenvalue weighted by molar-refractivity contribution is 6.32. The minimum atomic E-state index is -0.971. The summed E-state index contributed by atoms with van der Waals surface area (Å²) in [5.41, 5.74) is 7.11. The number of nitrogens with one attached hydrogen (secondary N) is 2. The van der Waals surface area contributed by atoms with Crippen molar-refractivity contribution in [1.82, 2.24) is 20.6 Å². The molecular weight excluding hydrogens is 687 g/mol. The van der Waals surface area contributed by atoms with E-state index in [9.17, 15) is 9.59 Å². The highest BCUT2D eigenvalue weighted by Gasteiger charge is 2.19. The third-order valence-corrected chi connectivity index (χ3v) is 8.74. The van der Waals surface area contributed by atoms with Crippen LogP contribution >= 0.6 is 23.2 Å². The molecule has 0 fully saturated rings. The molecule has 50 heavy (non-hydrogen) atoms. The molecule has 0 saturated carbocycles. The molecule has 0 saturated heterocycles. The highest BCUT2D eigenvalue weighted by atomic mass is 35.5. The zero-order valence-corrected chi connectivity index (χ0v) is 30.1. The molecule has 0 unspecified atom stereocenters. The predicted octanol–water partition coefficient (Wildman–Crippen LogP) is 6.37. The van der Waals surface area contributed by atoms with Gasteiger partial charge in [-0.3, -0.25) is 9.59 Å². The first kappa shape index (κ1) is 38.2. The molecule has 0 aliphatic carbocycles. The monoisotopic (exact) mass is 726 g/mol. The number of hydrogen-bond acceptors (Lipinski definition) is 10. The maximum atomic E-state index is 11.2. The van der Waals surface area contributed by atoms with E-state index in [0.29, 0.717) is 11.1 Å². The molecule has 4 N–H and O–H groups in total. The number of carboxylic acid groups (broad SMARTS) is 2.